The fourth-order valence-electron chi connectivity index (χ4n) is 3.16. The van der Waals surface area contributed by atoms with Crippen molar-refractivity contribution < 1.29 is 23.8 Å². The zero-order valence-electron chi connectivity index (χ0n) is 19.1. The molecule has 0 bridgehead atoms. The highest BCUT2D eigenvalue weighted by Gasteiger charge is 2.28. The third kappa shape index (κ3) is 5.68. The number of ether oxygens (including phenoxy) is 3. The zero-order valence-corrected chi connectivity index (χ0v) is 19.9. The number of anilines is 1. The molecule has 2 aromatic carbocycles. The Kier molecular flexibility index (Phi) is 8.01. The number of hydrogen-bond acceptors (Lipinski definition) is 8. The Morgan fingerprint density at radius 1 is 1.15 bits per heavy atom. The quantitative estimate of drug-likeness (QED) is 0.295. The topological polar surface area (TPSA) is 88.9 Å². The van der Waals surface area contributed by atoms with Crippen molar-refractivity contribution in [3.63, 3.8) is 0 Å². The number of ketones is 1. The second kappa shape index (κ2) is 10.9. The maximum absolute atomic E-state index is 12.7. The number of fused-ring (bicyclic) bond motifs is 1. The van der Waals surface area contributed by atoms with Crippen molar-refractivity contribution >= 4 is 29.2 Å². The van der Waals surface area contributed by atoms with Gasteiger partial charge in [-0.3, -0.25) is 4.79 Å². The third-order valence-electron chi connectivity index (χ3n) is 5.03. The van der Waals surface area contributed by atoms with Crippen LogP contribution in [-0.4, -0.2) is 39.1 Å². The third-order valence-corrected chi connectivity index (χ3v) is 6.27. The molecule has 0 saturated carbocycles. The van der Waals surface area contributed by atoms with Crippen LogP contribution in [0.25, 0.3) is 0 Å². The summed E-state index contributed by atoms with van der Waals surface area (Å²) < 4.78 is 16.3. The van der Waals surface area contributed by atoms with Gasteiger partial charge in [-0.1, -0.05) is 37.7 Å². The van der Waals surface area contributed by atoms with Crippen molar-refractivity contribution in [3.05, 3.63) is 58.6 Å². The highest BCUT2D eigenvalue weighted by molar-refractivity contribution is 8.03. The first-order chi connectivity index (χ1) is 15.8. The molecule has 1 aliphatic rings. The van der Waals surface area contributed by atoms with Gasteiger partial charge in [0, 0.05) is 11.9 Å². The number of benzene rings is 2. The van der Waals surface area contributed by atoms with E-state index in [1.165, 1.54) is 24.9 Å². The molecule has 0 amide bonds. The fraction of sp³-hybridized carbons (Fsp3) is 0.320. The van der Waals surface area contributed by atoms with Crippen LogP contribution in [0, 0.1) is 17.2 Å². The zero-order chi connectivity index (χ0) is 24.0. The number of para-hydroxylation sites is 1. The van der Waals surface area contributed by atoms with Crippen LogP contribution in [0.5, 0.6) is 11.5 Å². The summed E-state index contributed by atoms with van der Waals surface area (Å²) in [6.07, 6.45) is 0.893. The van der Waals surface area contributed by atoms with Gasteiger partial charge in [0.2, 0.25) is 5.78 Å². The molecule has 172 valence electrons. The molecule has 33 heavy (non-hydrogen) atoms. The molecule has 0 atom stereocenters. The number of carbonyl (C=O) groups excluding carboxylic acids is 2. The Labute approximate surface area is 197 Å². The lowest BCUT2D eigenvalue weighted by molar-refractivity contribution is -0.118. The van der Waals surface area contributed by atoms with E-state index in [-0.39, 0.29) is 11.1 Å². The van der Waals surface area contributed by atoms with E-state index >= 15 is 0 Å². The average Bonchev–Trinajstić information content (AvgIpc) is 3.14. The van der Waals surface area contributed by atoms with Gasteiger partial charge in [-0.25, -0.2) is 4.79 Å². The van der Waals surface area contributed by atoms with Gasteiger partial charge in [0.25, 0.3) is 0 Å². The molecule has 0 fully saturated rings. The lowest BCUT2D eigenvalue weighted by Crippen LogP contribution is -2.20. The SMILES string of the molecule is COc1cc(C(=O)OCC(=O)/C(C#N)=C2/Sc3ccccc3N2C)ccc1OCCC(C)C. The molecule has 0 unspecified atom stereocenters. The Morgan fingerprint density at radius 2 is 1.91 bits per heavy atom. The number of carbonyl (C=O) groups is 2. The van der Waals surface area contributed by atoms with E-state index in [0.717, 1.165) is 17.0 Å². The molecule has 0 spiro atoms. The van der Waals surface area contributed by atoms with E-state index in [2.05, 4.69) is 13.8 Å². The molecule has 0 aromatic heterocycles. The molecule has 0 aliphatic carbocycles. The summed E-state index contributed by atoms with van der Waals surface area (Å²) in [4.78, 5) is 28.0. The number of nitrogens with zero attached hydrogens (tertiary/aromatic N) is 2. The van der Waals surface area contributed by atoms with Crippen LogP contribution in [0.4, 0.5) is 5.69 Å². The predicted molar refractivity (Wildman–Crippen MR) is 127 cm³/mol. The number of thioether (sulfide) groups is 1. The number of nitriles is 1. The molecule has 8 heteroatoms. The minimum Gasteiger partial charge on any atom is -0.493 e. The number of hydrogen-bond donors (Lipinski definition) is 0. The molecule has 1 heterocycles. The van der Waals surface area contributed by atoms with Crippen molar-refractivity contribution in [3.8, 4) is 17.6 Å². The van der Waals surface area contributed by atoms with Crippen molar-refractivity contribution in [1.29, 1.82) is 5.26 Å². The summed E-state index contributed by atoms with van der Waals surface area (Å²) in [5.74, 6) is 0.193. The average molecular weight is 467 g/mol. The van der Waals surface area contributed by atoms with Gasteiger partial charge in [0.05, 0.1) is 25.0 Å². The lowest BCUT2D eigenvalue weighted by Gasteiger charge is -2.15. The summed E-state index contributed by atoms with van der Waals surface area (Å²) in [5.41, 5.74) is 1.10. The molecule has 1 aliphatic heterocycles. The molecular formula is C25H26N2O5S. The Morgan fingerprint density at radius 3 is 2.58 bits per heavy atom. The van der Waals surface area contributed by atoms with Gasteiger partial charge in [0.15, 0.2) is 18.1 Å². The second-order valence-corrected chi connectivity index (χ2v) is 8.85. The van der Waals surface area contributed by atoms with Crippen LogP contribution in [-0.2, 0) is 9.53 Å². The lowest BCUT2D eigenvalue weighted by atomic mass is 10.1. The van der Waals surface area contributed by atoms with Gasteiger partial charge in [-0.15, -0.1) is 0 Å². The largest absolute Gasteiger partial charge is 0.493 e. The Bertz CT molecular complexity index is 1120. The number of rotatable bonds is 9. The van der Waals surface area contributed by atoms with E-state index in [1.54, 1.807) is 24.1 Å². The molecule has 0 radical (unpaired) electrons. The van der Waals surface area contributed by atoms with Crippen LogP contribution < -0.4 is 14.4 Å². The normalized spacial score (nSPS) is 13.9. The monoisotopic (exact) mass is 466 g/mol. The van der Waals surface area contributed by atoms with Crippen LogP contribution in [0.1, 0.15) is 30.6 Å². The van der Waals surface area contributed by atoms with Crippen LogP contribution in [0.3, 0.4) is 0 Å². The minimum atomic E-state index is -0.687. The van der Waals surface area contributed by atoms with Crippen LogP contribution in [0.2, 0.25) is 0 Å². The van der Waals surface area contributed by atoms with Crippen molar-refractivity contribution in [2.75, 3.05) is 32.3 Å². The highest BCUT2D eigenvalue weighted by Crippen LogP contribution is 2.46. The van der Waals surface area contributed by atoms with Gasteiger partial charge >= 0.3 is 5.97 Å². The Hall–Kier alpha value is -3.44. The van der Waals surface area contributed by atoms with Gasteiger partial charge in [-0.05, 0) is 42.7 Å². The first-order valence-electron chi connectivity index (χ1n) is 10.5. The summed E-state index contributed by atoms with van der Waals surface area (Å²) in [7, 11) is 3.28. The summed E-state index contributed by atoms with van der Waals surface area (Å²) in [5, 5.41) is 10.1. The van der Waals surface area contributed by atoms with Crippen molar-refractivity contribution in [2.45, 2.75) is 25.2 Å². The standard InChI is InChI=1S/C25H26N2O5S/c1-16(2)11-12-31-21-10-9-17(13-22(21)30-4)25(29)32-15-20(28)18(14-26)24-27(3)19-7-5-6-8-23(19)33-24/h5-10,13,16H,11-12,15H2,1-4H3/b24-18+. The van der Waals surface area contributed by atoms with Crippen molar-refractivity contribution in [1.82, 2.24) is 0 Å². The van der Waals surface area contributed by atoms with E-state index in [0.29, 0.717) is 29.1 Å². The second-order valence-electron chi connectivity index (χ2n) is 7.82. The first kappa shape index (κ1) is 24.2. The molecule has 3 rings (SSSR count). The van der Waals surface area contributed by atoms with Gasteiger partial charge in [0.1, 0.15) is 16.7 Å². The minimum absolute atomic E-state index is 0.0435. The number of esters is 1. The number of Topliss-reactive ketones (excluding diaryl/α,β-unsaturated/α-hetero) is 1. The Balaban J connectivity index is 1.66. The van der Waals surface area contributed by atoms with Gasteiger partial charge < -0.3 is 19.1 Å². The fourth-order valence-corrected chi connectivity index (χ4v) is 4.32. The maximum atomic E-state index is 12.7. The van der Waals surface area contributed by atoms with Crippen LogP contribution in [0.15, 0.2) is 58.0 Å². The molecule has 0 N–H and O–H groups in total. The molecular weight excluding hydrogens is 440 g/mol. The molecule has 2 aromatic rings. The summed E-state index contributed by atoms with van der Waals surface area (Å²) in [6.45, 7) is 4.22. The summed E-state index contributed by atoms with van der Waals surface area (Å²) >= 11 is 1.34. The van der Waals surface area contributed by atoms with E-state index in [1.807, 2.05) is 30.3 Å². The molecule has 0 saturated heterocycles. The first-order valence-corrected chi connectivity index (χ1v) is 11.3. The van der Waals surface area contributed by atoms with Crippen molar-refractivity contribution in [2.24, 2.45) is 5.92 Å². The highest BCUT2D eigenvalue weighted by atomic mass is 32.2. The summed E-state index contributed by atoms with van der Waals surface area (Å²) in [6, 6.07) is 14.3. The van der Waals surface area contributed by atoms with Gasteiger partial charge in [-0.2, -0.15) is 5.26 Å². The predicted octanol–water partition coefficient (Wildman–Crippen LogP) is 4.82. The number of methoxy groups -OCH3 is 1. The van der Waals surface area contributed by atoms with E-state index in [9.17, 15) is 14.9 Å². The van der Waals surface area contributed by atoms with E-state index < -0.39 is 18.4 Å². The van der Waals surface area contributed by atoms with E-state index in [4.69, 9.17) is 14.2 Å². The maximum Gasteiger partial charge on any atom is 0.338 e. The van der Waals surface area contributed by atoms with Crippen LogP contribution >= 0.6 is 11.8 Å². The molecule has 7 nitrogen and oxygen atoms in total. The smallest absolute Gasteiger partial charge is 0.338 e.